The van der Waals surface area contributed by atoms with Gasteiger partial charge in [0.2, 0.25) is 0 Å². The van der Waals surface area contributed by atoms with Gasteiger partial charge in [0.05, 0.1) is 18.9 Å². The second-order valence-corrected chi connectivity index (χ2v) is 9.66. The van der Waals surface area contributed by atoms with Gasteiger partial charge in [0.1, 0.15) is 27.5 Å². The second-order valence-electron chi connectivity index (χ2n) is 8.66. The van der Waals surface area contributed by atoms with E-state index in [-0.39, 0.29) is 17.8 Å². The maximum atomic E-state index is 13.0. The Morgan fingerprint density at radius 2 is 1.89 bits per heavy atom. The molecule has 3 rings (SSSR count). The van der Waals surface area contributed by atoms with Gasteiger partial charge in [0.25, 0.3) is 5.91 Å². The summed E-state index contributed by atoms with van der Waals surface area (Å²) in [6.45, 7) is 9.85. The average molecular weight is 495 g/mol. The first-order chi connectivity index (χ1) is 16.7. The molecule has 0 fully saturated rings. The van der Waals surface area contributed by atoms with Crippen molar-refractivity contribution in [2.24, 2.45) is 0 Å². The Morgan fingerprint density at radius 3 is 2.51 bits per heavy atom. The number of aliphatic hydroxyl groups is 1. The molecule has 0 aliphatic heterocycles. The zero-order valence-corrected chi connectivity index (χ0v) is 22.0. The molecule has 0 aliphatic carbocycles. The zero-order chi connectivity index (χ0) is 25.5. The maximum absolute atomic E-state index is 13.0. The minimum absolute atomic E-state index is 0.0252. The van der Waals surface area contributed by atoms with Gasteiger partial charge in [-0.15, -0.1) is 11.3 Å². The van der Waals surface area contributed by atoms with Gasteiger partial charge in [-0.05, 0) is 64.0 Å². The number of benzene rings is 2. The lowest BCUT2D eigenvalue weighted by Gasteiger charge is -2.22. The molecule has 186 valence electrons. The van der Waals surface area contributed by atoms with Crippen LogP contribution in [0.3, 0.4) is 0 Å². The van der Waals surface area contributed by atoms with Crippen molar-refractivity contribution in [2.75, 3.05) is 7.11 Å². The third-order valence-electron chi connectivity index (χ3n) is 5.67. The summed E-state index contributed by atoms with van der Waals surface area (Å²) < 4.78 is 11.5. The van der Waals surface area contributed by atoms with Gasteiger partial charge in [-0.2, -0.15) is 0 Å². The van der Waals surface area contributed by atoms with Gasteiger partial charge in [0.15, 0.2) is 0 Å². The standard InChI is InChI=1S/C28H34N2O4S/c1-7-23(31)25(34-17(2)3)15-21-14-22(24(33-6)13-18(21)4)16-29-27(32)26-19(5)30-28(35-26)20-11-9-8-10-12-20/h7-14,17,25,31H,15-16H2,1-6H3,(H,29,32)/b23-7-. The fourth-order valence-corrected chi connectivity index (χ4v) is 4.82. The highest BCUT2D eigenvalue weighted by Crippen LogP contribution is 2.29. The molecule has 1 amide bonds. The molecule has 1 unspecified atom stereocenters. The molecule has 1 aromatic heterocycles. The van der Waals surface area contributed by atoms with E-state index in [0.29, 0.717) is 29.3 Å². The Bertz CT molecular complexity index is 1190. The highest BCUT2D eigenvalue weighted by molar-refractivity contribution is 7.17. The highest BCUT2D eigenvalue weighted by atomic mass is 32.1. The first-order valence-corrected chi connectivity index (χ1v) is 12.5. The SMILES string of the molecule is C/C=C(\O)C(Cc1cc(CNC(=O)c2sc(-c3ccccc3)nc2C)c(OC)cc1C)OC(C)C. The number of methoxy groups -OCH3 is 1. The van der Waals surface area contributed by atoms with Crippen LogP contribution in [0.1, 0.15) is 52.8 Å². The second kappa shape index (κ2) is 12.0. The van der Waals surface area contributed by atoms with Gasteiger partial charge in [0, 0.05) is 24.1 Å². The Labute approximate surface area is 211 Å². The number of amides is 1. The monoisotopic (exact) mass is 494 g/mol. The molecule has 7 heteroatoms. The topological polar surface area (TPSA) is 80.7 Å². The van der Waals surface area contributed by atoms with Crippen LogP contribution in [0, 0.1) is 13.8 Å². The number of aryl methyl sites for hydroxylation is 2. The molecule has 0 aliphatic rings. The van der Waals surface area contributed by atoms with Crippen LogP contribution in [-0.2, 0) is 17.7 Å². The van der Waals surface area contributed by atoms with Crippen molar-refractivity contribution < 1.29 is 19.4 Å². The molecule has 0 spiro atoms. The van der Waals surface area contributed by atoms with Crippen molar-refractivity contribution in [2.45, 2.75) is 59.8 Å². The highest BCUT2D eigenvalue weighted by Gasteiger charge is 2.20. The van der Waals surface area contributed by atoms with E-state index >= 15 is 0 Å². The predicted molar refractivity (Wildman–Crippen MR) is 141 cm³/mol. The number of rotatable bonds is 10. The van der Waals surface area contributed by atoms with Gasteiger partial charge >= 0.3 is 0 Å². The number of ether oxygens (including phenoxy) is 2. The number of allylic oxidation sites excluding steroid dienone is 1. The van der Waals surface area contributed by atoms with E-state index in [1.165, 1.54) is 11.3 Å². The first kappa shape index (κ1) is 26.4. The molecule has 0 saturated carbocycles. The van der Waals surface area contributed by atoms with E-state index < -0.39 is 6.10 Å². The number of carbonyl (C=O) groups excluding carboxylic acids is 1. The van der Waals surface area contributed by atoms with Crippen LogP contribution in [0.2, 0.25) is 0 Å². The van der Waals surface area contributed by atoms with E-state index in [2.05, 4.69) is 10.3 Å². The van der Waals surface area contributed by atoms with E-state index in [0.717, 1.165) is 27.3 Å². The summed E-state index contributed by atoms with van der Waals surface area (Å²) in [5.74, 6) is 0.742. The van der Waals surface area contributed by atoms with E-state index in [4.69, 9.17) is 9.47 Å². The lowest BCUT2D eigenvalue weighted by atomic mass is 9.97. The largest absolute Gasteiger partial charge is 0.510 e. The summed E-state index contributed by atoms with van der Waals surface area (Å²) in [7, 11) is 1.62. The Morgan fingerprint density at radius 1 is 1.17 bits per heavy atom. The molecule has 35 heavy (non-hydrogen) atoms. The van der Waals surface area contributed by atoms with E-state index in [9.17, 15) is 9.90 Å². The Balaban J connectivity index is 1.80. The Hall–Kier alpha value is -3.16. The number of aromatic nitrogens is 1. The van der Waals surface area contributed by atoms with Crippen molar-refractivity contribution >= 4 is 17.2 Å². The predicted octanol–water partition coefficient (Wildman–Crippen LogP) is 6.16. The summed E-state index contributed by atoms with van der Waals surface area (Å²) in [4.78, 5) is 18.2. The number of nitrogens with zero attached hydrogens (tertiary/aromatic N) is 1. The summed E-state index contributed by atoms with van der Waals surface area (Å²) in [6.07, 6.45) is 1.71. The lowest BCUT2D eigenvalue weighted by molar-refractivity contribution is 0.00718. The Kier molecular flexibility index (Phi) is 9.07. The first-order valence-electron chi connectivity index (χ1n) is 11.7. The average Bonchev–Trinajstić information content (AvgIpc) is 3.24. The third-order valence-corrected chi connectivity index (χ3v) is 6.87. The van der Waals surface area contributed by atoms with Crippen LogP contribution >= 0.6 is 11.3 Å². The fraction of sp³-hybridized carbons (Fsp3) is 0.357. The summed E-state index contributed by atoms with van der Waals surface area (Å²) >= 11 is 1.39. The molecule has 1 heterocycles. The molecule has 6 nitrogen and oxygen atoms in total. The van der Waals surface area contributed by atoms with Crippen LogP contribution in [-0.4, -0.2) is 35.3 Å². The minimum Gasteiger partial charge on any atom is -0.510 e. The van der Waals surface area contributed by atoms with Crippen LogP contribution in [0.15, 0.2) is 54.3 Å². The van der Waals surface area contributed by atoms with Gasteiger partial charge in [-0.1, -0.05) is 30.3 Å². The summed E-state index contributed by atoms with van der Waals surface area (Å²) in [5.41, 5.74) is 4.61. The molecule has 3 aromatic rings. The third kappa shape index (κ3) is 6.71. The molecule has 0 bridgehead atoms. The quantitative estimate of drug-likeness (QED) is 0.330. The molecule has 1 atom stereocenters. The number of carbonyl (C=O) groups is 1. The number of hydrogen-bond acceptors (Lipinski definition) is 6. The lowest BCUT2D eigenvalue weighted by Crippen LogP contribution is -2.24. The smallest absolute Gasteiger partial charge is 0.263 e. The van der Waals surface area contributed by atoms with Crippen LogP contribution < -0.4 is 10.1 Å². The normalized spacial score (nSPS) is 12.6. The van der Waals surface area contributed by atoms with Crippen molar-refractivity contribution in [3.63, 3.8) is 0 Å². The maximum Gasteiger partial charge on any atom is 0.263 e. The summed E-state index contributed by atoms with van der Waals surface area (Å²) in [6, 6.07) is 13.8. The molecular formula is C28H34N2O4S. The van der Waals surface area contributed by atoms with Crippen LogP contribution in [0.5, 0.6) is 5.75 Å². The molecular weight excluding hydrogens is 460 g/mol. The number of thiazole rings is 1. The number of hydrogen-bond donors (Lipinski definition) is 2. The van der Waals surface area contributed by atoms with Crippen molar-refractivity contribution in [1.82, 2.24) is 10.3 Å². The van der Waals surface area contributed by atoms with E-state index in [1.807, 2.05) is 70.2 Å². The van der Waals surface area contributed by atoms with Crippen molar-refractivity contribution in [3.05, 3.63) is 81.6 Å². The molecule has 0 radical (unpaired) electrons. The van der Waals surface area contributed by atoms with Gasteiger partial charge in [-0.3, -0.25) is 4.79 Å². The van der Waals surface area contributed by atoms with Crippen LogP contribution in [0.4, 0.5) is 0 Å². The van der Waals surface area contributed by atoms with Crippen molar-refractivity contribution in [1.29, 1.82) is 0 Å². The fourth-order valence-electron chi connectivity index (χ4n) is 3.83. The van der Waals surface area contributed by atoms with Gasteiger partial charge < -0.3 is 19.9 Å². The van der Waals surface area contributed by atoms with Crippen LogP contribution in [0.25, 0.3) is 10.6 Å². The number of aliphatic hydroxyl groups excluding tert-OH is 1. The minimum atomic E-state index is -0.439. The molecule has 0 saturated heterocycles. The molecule has 2 N–H and O–H groups in total. The van der Waals surface area contributed by atoms with E-state index in [1.54, 1.807) is 20.1 Å². The van der Waals surface area contributed by atoms with Gasteiger partial charge in [-0.25, -0.2) is 4.98 Å². The van der Waals surface area contributed by atoms with Crippen molar-refractivity contribution in [3.8, 4) is 16.3 Å². The molecule has 2 aromatic carbocycles. The summed E-state index contributed by atoms with van der Waals surface area (Å²) in [5, 5.41) is 14.2. The number of nitrogens with one attached hydrogen (secondary N) is 1. The zero-order valence-electron chi connectivity index (χ0n) is 21.2.